The number of aliphatic hydroxyl groups is 1. The lowest BCUT2D eigenvalue weighted by molar-refractivity contribution is 0.00311. The summed E-state index contributed by atoms with van der Waals surface area (Å²) >= 11 is 0. The second-order valence-corrected chi connectivity index (χ2v) is 9.93. The molecule has 0 amide bonds. The molecule has 1 N–H and O–H groups in total. The van der Waals surface area contributed by atoms with Gasteiger partial charge in [-0.1, -0.05) is 42.5 Å². The summed E-state index contributed by atoms with van der Waals surface area (Å²) in [4.78, 5) is 2.31. The molecule has 0 aliphatic heterocycles. The molecule has 4 aromatic rings. The molecule has 2 aromatic heterocycles. The second kappa shape index (κ2) is 11.8. The van der Waals surface area contributed by atoms with Crippen molar-refractivity contribution in [1.29, 1.82) is 0 Å². The molecule has 0 bridgehead atoms. The highest BCUT2D eigenvalue weighted by molar-refractivity contribution is 5.65. The fourth-order valence-corrected chi connectivity index (χ4v) is 4.57. The Morgan fingerprint density at radius 1 is 1.11 bits per heavy atom. The number of rotatable bonds is 13. The summed E-state index contributed by atoms with van der Waals surface area (Å²) in [5, 5.41) is 15.7. The number of hydrogen-bond acceptors (Lipinski definition) is 6. The molecule has 0 radical (unpaired) electrons. The summed E-state index contributed by atoms with van der Waals surface area (Å²) in [7, 11) is 1.92. The van der Waals surface area contributed by atoms with E-state index in [4.69, 9.17) is 19.0 Å². The first kappa shape index (κ1) is 25.3. The van der Waals surface area contributed by atoms with Crippen molar-refractivity contribution < 1.29 is 19.0 Å². The minimum atomic E-state index is -0.619. The summed E-state index contributed by atoms with van der Waals surface area (Å²) in [6.45, 7) is 4.68. The quantitative estimate of drug-likeness (QED) is 0.258. The van der Waals surface area contributed by atoms with E-state index >= 15 is 0 Å². The van der Waals surface area contributed by atoms with Gasteiger partial charge in [0.15, 0.2) is 0 Å². The second-order valence-electron chi connectivity index (χ2n) is 9.93. The molecule has 1 aliphatic carbocycles. The Morgan fingerprint density at radius 3 is 2.68 bits per heavy atom. The van der Waals surface area contributed by atoms with E-state index in [1.54, 1.807) is 6.26 Å². The SMILES string of the molecule is Cc1cccc(Oc2c(CN(CC3CC3)C[C@H](O)COCc3ccco3)c(-c3ccccc3)nn2C)c1. The van der Waals surface area contributed by atoms with E-state index in [1.807, 2.05) is 60.3 Å². The molecule has 7 nitrogen and oxygen atoms in total. The molecular formula is C30H35N3O4. The standard InChI is InChI=1S/C30H35N3O4/c1-22-8-6-11-26(16-22)37-30-28(29(31-32(30)2)24-9-4-3-5-10-24)19-33(17-23-13-14-23)18-25(34)20-35-21-27-12-7-15-36-27/h3-12,15-16,23,25,34H,13-14,17-21H2,1-2H3/t25-/m0/s1. The van der Waals surface area contributed by atoms with Gasteiger partial charge < -0.3 is 19.0 Å². The number of aromatic nitrogens is 2. The highest BCUT2D eigenvalue weighted by Gasteiger charge is 2.28. The lowest BCUT2D eigenvalue weighted by Crippen LogP contribution is -2.36. The maximum atomic E-state index is 10.8. The zero-order chi connectivity index (χ0) is 25.6. The molecule has 1 fully saturated rings. The Balaban J connectivity index is 1.37. The Labute approximate surface area is 218 Å². The zero-order valence-electron chi connectivity index (χ0n) is 21.5. The van der Waals surface area contributed by atoms with Crippen LogP contribution < -0.4 is 4.74 Å². The summed E-state index contributed by atoms with van der Waals surface area (Å²) < 4.78 is 19.3. The minimum absolute atomic E-state index is 0.243. The van der Waals surface area contributed by atoms with Crippen molar-refractivity contribution >= 4 is 0 Å². The van der Waals surface area contributed by atoms with Crippen LogP contribution in [0.25, 0.3) is 11.3 Å². The van der Waals surface area contributed by atoms with E-state index in [0.717, 1.165) is 40.4 Å². The number of aliphatic hydroxyl groups excluding tert-OH is 1. The smallest absolute Gasteiger partial charge is 0.222 e. The Bertz CT molecular complexity index is 1270. The molecule has 37 heavy (non-hydrogen) atoms. The first-order chi connectivity index (χ1) is 18.0. The third kappa shape index (κ3) is 6.89. The first-order valence-electron chi connectivity index (χ1n) is 12.9. The van der Waals surface area contributed by atoms with Crippen LogP contribution >= 0.6 is 0 Å². The van der Waals surface area contributed by atoms with Gasteiger partial charge in [0.1, 0.15) is 23.8 Å². The van der Waals surface area contributed by atoms with E-state index < -0.39 is 6.10 Å². The predicted molar refractivity (Wildman–Crippen MR) is 142 cm³/mol. The Hall–Kier alpha value is -3.39. The van der Waals surface area contributed by atoms with Gasteiger partial charge in [0.05, 0.1) is 24.5 Å². The largest absolute Gasteiger partial charge is 0.467 e. The van der Waals surface area contributed by atoms with Gasteiger partial charge in [-0.05, 0) is 55.5 Å². The number of aryl methyl sites for hydroxylation is 2. The number of hydrogen-bond donors (Lipinski definition) is 1. The van der Waals surface area contributed by atoms with Crippen molar-refractivity contribution in [2.45, 2.75) is 39.0 Å². The maximum Gasteiger partial charge on any atom is 0.222 e. The number of furan rings is 1. The first-order valence-corrected chi connectivity index (χ1v) is 12.9. The van der Waals surface area contributed by atoms with Gasteiger partial charge in [0.2, 0.25) is 5.88 Å². The van der Waals surface area contributed by atoms with E-state index in [1.165, 1.54) is 12.8 Å². The molecule has 5 rings (SSSR count). The highest BCUT2D eigenvalue weighted by Crippen LogP contribution is 2.36. The van der Waals surface area contributed by atoms with Gasteiger partial charge in [-0.2, -0.15) is 5.10 Å². The molecule has 1 atom stereocenters. The summed E-state index contributed by atoms with van der Waals surface area (Å²) in [6.07, 6.45) is 3.47. The fourth-order valence-electron chi connectivity index (χ4n) is 4.57. The molecule has 0 spiro atoms. The fraction of sp³-hybridized carbons (Fsp3) is 0.367. The molecule has 0 unspecified atom stereocenters. The molecule has 194 valence electrons. The summed E-state index contributed by atoms with van der Waals surface area (Å²) in [5.41, 5.74) is 4.09. The lowest BCUT2D eigenvalue weighted by atomic mass is 10.1. The van der Waals surface area contributed by atoms with Crippen LogP contribution in [0.2, 0.25) is 0 Å². The van der Waals surface area contributed by atoms with Gasteiger partial charge in [-0.25, -0.2) is 4.68 Å². The normalized spacial score (nSPS) is 14.3. The third-order valence-electron chi connectivity index (χ3n) is 6.54. The van der Waals surface area contributed by atoms with E-state index in [-0.39, 0.29) is 6.61 Å². The summed E-state index contributed by atoms with van der Waals surface area (Å²) in [6, 6.07) is 22.0. The van der Waals surface area contributed by atoms with Crippen molar-refractivity contribution in [3.8, 4) is 22.9 Å². The van der Waals surface area contributed by atoms with Crippen LogP contribution in [0.5, 0.6) is 11.6 Å². The van der Waals surface area contributed by atoms with Crippen molar-refractivity contribution in [3.63, 3.8) is 0 Å². The Morgan fingerprint density at radius 2 is 1.95 bits per heavy atom. The third-order valence-corrected chi connectivity index (χ3v) is 6.54. The van der Waals surface area contributed by atoms with Crippen molar-refractivity contribution in [2.75, 3.05) is 19.7 Å². The molecule has 0 saturated heterocycles. The molecule has 2 aromatic carbocycles. The van der Waals surface area contributed by atoms with Crippen LogP contribution in [-0.2, 0) is 24.9 Å². The monoisotopic (exact) mass is 501 g/mol. The lowest BCUT2D eigenvalue weighted by Gasteiger charge is -2.25. The van der Waals surface area contributed by atoms with Crippen LogP contribution in [0, 0.1) is 12.8 Å². The van der Waals surface area contributed by atoms with Gasteiger partial charge in [-0.15, -0.1) is 0 Å². The number of benzene rings is 2. The van der Waals surface area contributed by atoms with Crippen LogP contribution in [0.4, 0.5) is 0 Å². The maximum absolute atomic E-state index is 10.8. The average molecular weight is 502 g/mol. The zero-order valence-corrected chi connectivity index (χ0v) is 21.5. The topological polar surface area (TPSA) is 72.9 Å². The van der Waals surface area contributed by atoms with Crippen LogP contribution in [-0.4, -0.2) is 45.6 Å². The van der Waals surface area contributed by atoms with Crippen LogP contribution in [0.1, 0.15) is 29.7 Å². The van der Waals surface area contributed by atoms with Crippen LogP contribution in [0.3, 0.4) is 0 Å². The van der Waals surface area contributed by atoms with Gasteiger partial charge >= 0.3 is 0 Å². The van der Waals surface area contributed by atoms with Crippen molar-refractivity contribution in [2.24, 2.45) is 13.0 Å². The predicted octanol–water partition coefficient (Wildman–Crippen LogP) is 5.57. The van der Waals surface area contributed by atoms with Gasteiger partial charge in [0, 0.05) is 32.2 Å². The highest BCUT2D eigenvalue weighted by atomic mass is 16.5. The molecular weight excluding hydrogens is 466 g/mol. The molecule has 1 aliphatic rings. The van der Waals surface area contributed by atoms with E-state index in [2.05, 4.69) is 30.0 Å². The van der Waals surface area contributed by atoms with Gasteiger partial charge in [0.25, 0.3) is 0 Å². The average Bonchev–Trinajstić information content (AvgIpc) is 3.45. The molecule has 7 heteroatoms. The van der Waals surface area contributed by atoms with Crippen molar-refractivity contribution in [1.82, 2.24) is 14.7 Å². The van der Waals surface area contributed by atoms with E-state index in [9.17, 15) is 5.11 Å². The van der Waals surface area contributed by atoms with Crippen LogP contribution in [0.15, 0.2) is 77.4 Å². The number of nitrogens with zero attached hydrogens (tertiary/aromatic N) is 3. The summed E-state index contributed by atoms with van der Waals surface area (Å²) in [5.74, 6) is 2.91. The van der Waals surface area contributed by atoms with Gasteiger partial charge in [-0.3, -0.25) is 4.90 Å². The molecule has 1 saturated carbocycles. The minimum Gasteiger partial charge on any atom is -0.467 e. The molecule has 2 heterocycles. The van der Waals surface area contributed by atoms with E-state index in [0.29, 0.717) is 31.5 Å². The van der Waals surface area contributed by atoms with Crippen molar-refractivity contribution in [3.05, 3.63) is 89.9 Å². The Kier molecular flexibility index (Phi) is 8.04. The number of ether oxygens (including phenoxy) is 2.